The van der Waals surface area contributed by atoms with Crippen LogP contribution in [0.25, 0.3) is 33.8 Å². The van der Waals surface area contributed by atoms with Crippen LogP contribution >= 0.6 is 0 Å². The molecule has 2 N–H and O–H groups in total. The summed E-state index contributed by atoms with van der Waals surface area (Å²) in [4.78, 5) is 19.3. The highest BCUT2D eigenvalue weighted by Gasteiger charge is 2.05. The Hall–Kier alpha value is -3.40. The van der Waals surface area contributed by atoms with Crippen molar-refractivity contribution in [1.29, 1.82) is 0 Å². The van der Waals surface area contributed by atoms with Crippen molar-refractivity contribution in [2.75, 3.05) is 0 Å². The molecule has 0 saturated carbocycles. The smallest absolute Gasteiger partial charge is 0.259 e. The molecule has 0 spiro atoms. The lowest BCUT2D eigenvalue weighted by atomic mass is 10.0. The number of fused-ring (bicyclic) bond motifs is 2. The zero-order chi connectivity index (χ0) is 16.5. The Morgan fingerprint density at radius 1 is 0.875 bits per heavy atom. The molecule has 0 bridgehead atoms. The number of H-pyrrole nitrogens is 1. The second kappa shape index (κ2) is 5.66. The molecule has 0 aliphatic rings. The zero-order valence-corrected chi connectivity index (χ0v) is 12.7. The SMILES string of the molecule is O=c1[nH]c(/C=C/c2c(O)ccc3ccccc23)nc2ccccc12. The van der Waals surface area contributed by atoms with Crippen molar-refractivity contribution in [1.82, 2.24) is 9.97 Å². The first-order chi connectivity index (χ1) is 11.7. The molecule has 4 aromatic rings. The van der Waals surface area contributed by atoms with Gasteiger partial charge in [0.05, 0.1) is 10.9 Å². The third kappa shape index (κ3) is 2.44. The standard InChI is InChI=1S/C20H14N2O2/c23-18-11-9-13-5-1-2-6-14(13)15(18)10-12-19-21-17-8-4-3-7-16(17)20(24)22-19/h1-12,23H,(H,21,22,24)/b12-10+. The van der Waals surface area contributed by atoms with E-state index in [1.165, 1.54) is 0 Å². The van der Waals surface area contributed by atoms with Crippen molar-refractivity contribution in [2.45, 2.75) is 0 Å². The quantitative estimate of drug-likeness (QED) is 0.589. The number of hydrogen-bond donors (Lipinski definition) is 2. The summed E-state index contributed by atoms with van der Waals surface area (Å²) in [6.07, 6.45) is 3.47. The molecule has 0 unspecified atom stereocenters. The van der Waals surface area contributed by atoms with Crippen molar-refractivity contribution in [3.05, 3.63) is 82.4 Å². The Bertz CT molecular complexity index is 1140. The zero-order valence-electron chi connectivity index (χ0n) is 12.7. The Morgan fingerprint density at radius 3 is 2.50 bits per heavy atom. The van der Waals surface area contributed by atoms with Crippen molar-refractivity contribution >= 4 is 33.8 Å². The fourth-order valence-corrected chi connectivity index (χ4v) is 2.80. The fourth-order valence-electron chi connectivity index (χ4n) is 2.80. The predicted octanol–water partition coefficient (Wildman–Crippen LogP) is 3.95. The van der Waals surface area contributed by atoms with Gasteiger partial charge in [-0.3, -0.25) is 4.79 Å². The number of hydrogen-bond acceptors (Lipinski definition) is 3. The molecular formula is C20H14N2O2. The highest BCUT2D eigenvalue weighted by Crippen LogP contribution is 2.28. The lowest BCUT2D eigenvalue weighted by Crippen LogP contribution is -2.09. The summed E-state index contributed by atoms with van der Waals surface area (Å²) in [6, 6.07) is 18.6. The molecule has 4 rings (SSSR count). The van der Waals surface area contributed by atoms with Crippen LogP contribution in [-0.4, -0.2) is 15.1 Å². The summed E-state index contributed by atoms with van der Waals surface area (Å²) in [7, 11) is 0. The molecule has 0 radical (unpaired) electrons. The van der Waals surface area contributed by atoms with Gasteiger partial charge in [-0.05, 0) is 41.1 Å². The summed E-state index contributed by atoms with van der Waals surface area (Å²) < 4.78 is 0. The monoisotopic (exact) mass is 314 g/mol. The maximum absolute atomic E-state index is 12.1. The van der Waals surface area contributed by atoms with E-state index in [1.54, 1.807) is 30.4 Å². The van der Waals surface area contributed by atoms with Gasteiger partial charge in [0, 0.05) is 5.56 Å². The molecule has 4 heteroatoms. The van der Waals surface area contributed by atoms with E-state index in [1.807, 2.05) is 42.5 Å². The van der Waals surface area contributed by atoms with Gasteiger partial charge in [0.2, 0.25) is 0 Å². The predicted molar refractivity (Wildman–Crippen MR) is 96.9 cm³/mol. The van der Waals surface area contributed by atoms with E-state index in [0.717, 1.165) is 10.8 Å². The van der Waals surface area contributed by atoms with Gasteiger partial charge in [-0.1, -0.05) is 42.5 Å². The number of para-hydroxylation sites is 1. The van der Waals surface area contributed by atoms with Crippen LogP contribution in [0.4, 0.5) is 0 Å². The molecule has 3 aromatic carbocycles. The van der Waals surface area contributed by atoms with E-state index < -0.39 is 0 Å². The van der Waals surface area contributed by atoms with Crippen molar-refractivity contribution in [3.8, 4) is 5.75 Å². The van der Waals surface area contributed by atoms with Crippen molar-refractivity contribution in [2.24, 2.45) is 0 Å². The van der Waals surface area contributed by atoms with Gasteiger partial charge in [-0.2, -0.15) is 0 Å². The second-order valence-corrected chi connectivity index (χ2v) is 5.52. The van der Waals surface area contributed by atoms with Gasteiger partial charge in [-0.15, -0.1) is 0 Å². The van der Waals surface area contributed by atoms with Crippen LogP contribution in [0.15, 0.2) is 65.5 Å². The van der Waals surface area contributed by atoms with Crippen LogP contribution in [0.5, 0.6) is 5.75 Å². The Kier molecular flexibility index (Phi) is 3.35. The highest BCUT2D eigenvalue weighted by atomic mass is 16.3. The molecule has 0 fully saturated rings. The minimum atomic E-state index is -0.178. The van der Waals surface area contributed by atoms with E-state index >= 15 is 0 Å². The van der Waals surface area contributed by atoms with Crippen LogP contribution < -0.4 is 5.56 Å². The van der Waals surface area contributed by atoms with Gasteiger partial charge < -0.3 is 10.1 Å². The maximum Gasteiger partial charge on any atom is 0.259 e. The Balaban J connectivity index is 1.84. The number of rotatable bonds is 2. The number of aromatic amines is 1. The average molecular weight is 314 g/mol. The largest absolute Gasteiger partial charge is 0.507 e. The van der Waals surface area contributed by atoms with Crippen LogP contribution in [0, 0.1) is 0 Å². The molecular weight excluding hydrogens is 300 g/mol. The minimum absolute atomic E-state index is 0.178. The first-order valence-electron chi connectivity index (χ1n) is 7.60. The number of phenols is 1. The summed E-state index contributed by atoms with van der Waals surface area (Å²) in [5.74, 6) is 0.638. The third-order valence-corrected chi connectivity index (χ3v) is 3.99. The second-order valence-electron chi connectivity index (χ2n) is 5.52. The third-order valence-electron chi connectivity index (χ3n) is 3.99. The number of nitrogens with zero attached hydrogens (tertiary/aromatic N) is 1. The maximum atomic E-state index is 12.1. The normalized spacial score (nSPS) is 11.5. The molecule has 4 nitrogen and oxygen atoms in total. The van der Waals surface area contributed by atoms with Crippen LogP contribution in [0.1, 0.15) is 11.4 Å². The number of aromatic hydroxyl groups is 1. The molecule has 24 heavy (non-hydrogen) atoms. The molecule has 116 valence electrons. The lowest BCUT2D eigenvalue weighted by Gasteiger charge is -2.05. The van der Waals surface area contributed by atoms with Gasteiger partial charge in [0.25, 0.3) is 5.56 Å². The first kappa shape index (κ1) is 14.2. The van der Waals surface area contributed by atoms with Gasteiger partial charge in [-0.25, -0.2) is 4.98 Å². The van der Waals surface area contributed by atoms with E-state index in [9.17, 15) is 9.90 Å². The van der Waals surface area contributed by atoms with E-state index in [2.05, 4.69) is 9.97 Å². The molecule has 1 heterocycles. The van der Waals surface area contributed by atoms with Gasteiger partial charge in [0.15, 0.2) is 0 Å². The van der Waals surface area contributed by atoms with Gasteiger partial charge >= 0.3 is 0 Å². The average Bonchev–Trinajstić information content (AvgIpc) is 2.61. The molecule has 0 aliphatic carbocycles. The Labute approximate surface area is 137 Å². The Morgan fingerprint density at radius 2 is 1.62 bits per heavy atom. The molecule has 0 saturated heterocycles. The number of nitrogens with one attached hydrogen (secondary N) is 1. The number of aromatic nitrogens is 2. The minimum Gasteiger partial charge on any atom is -0.507 e. The fraction of sp³-hybridized carbons (Fsp3) is 0. The van der Waals surface area contributed by atoms with E-state index in [4.69, 9.17) is 0 Å². The number of phenolic OH excluding ortho intramolecular Hbond substituents is 1. The molecule has 0 amide bonds. The van der Waals surface area contributed by atoms with E-state index in [0.29, 0.717) is 22.3 Å². The van der Waals surface area contributed by atoms with Crippen LogP contribution in [0.2, 0.25) is 0 Å². The summed E-state index contributed by atoms with van der Waals surface area (Å²) in [6.45, 7) is 0. The summed E-state index contributed by atoms with van der Waals surface area (Å²) >= 11 is 0. The van der Waals surface area contributed by atoms with E-state index in [-0.39, 0.29) is 11.3 Å². The van der Waals surface area contributed by atoms with Crippen LogP contribution in [-0.2, 0) is 0 Å². The summed E-state index contributed by atoms with van der Waals surface area (Å²) in [5.41, 5.74) is 1.16. The molecule has 0 atom stereocenters. The molecule has 1 aromatic heterocycles. The number of benzene rings is 3. The topological polar surface area (TPSA) is 66.0 Å². The molecule has 0 aliphatic heterocycles. The van der Waals surface area contributed by atoms with Crippen molar-refractivity contribution < 1.29 is 5.11 Å². The summed E-state index contributed by atoms with van der Waals surface area (Å²) in [5, 5.41) is 12.7. The van der Waals surface area contributed by atoms with Gasteiger partial charge in [0.1, 0.15) is 11.6 Å². The van der Waals surface area contributed by atoms with Crippen LogP contribution in [0.3, 0.4) is 0 Å². The lowest BCUT2D eigenvalue weighted by molar-refractivity contribution is 0.475. The highest BCUT2D eigenvalue weighted by molar-refractivity contribution is 5.95. The van der Waals surface area contributed by atoms with Crippen molar-refractivity contribution in [3.63, 3.8) is 0 Å². The first-order valence-corrected chi connectivity index (χ1v) is 7.60.